The van der Waals surface area contributed by atoms with Crippen LogP contribution in [0, 0.1) is 0 Å². The maximum Gasteiger partial charge on any atom is 0.218 e. The molecule has 0 saturated carbocycles. The summed E-state index contributed by atoms with van der Waals surface area (Å²) in [5, 5.41) is 0. The summed E-state index contributed by atoms with van der Waals surface area (Å²) in [5.41, 5.74) is 6.95. The molecule has 20 heavy (non-hydrogen) atoms. The second-order valence-corrected chi connectivity index (χ2v) is 6.71. The van der Waals surface area contributed by atoms with Gasteiger partial charge in [0.05, 0.1) is 12.4 Å². The molecule has 2 N–H and O–H groups in total. The Labute approximate surface area is 125 Å². The number of thiocarbonyl (C=S) groups is 1. The summed E-state index contributed by atoms with van der Waals surface area (Å²) in [6.07, 6.45) is 0. The van der Waals surface area contributed by atoms with Crippen molar-refractivity contribution in [3.05, 3.63) is 35.4 Å². The van der Waals surface area contributed by atoms with E-state index in [9.17, 15) is 8.42 Å². The molecule has 1 aromatic rings. The highest BCUT2D eigenvalue weighted by Gasteiger charge is 2.20. The van der Waals surface area contributed by atoms with Crippen molar-refractivity contribution >= 4 is 27.2 Å². The molecule has 0 aliphatic carbocycles. The van der Waals surface area contributed by atoms with Gasteiger partial charge in [0.2, 0.25) is 10.0 Å². The summed E-state index contributed by atoms with van der Waals surface area (Å²) >= 11 is 4.86. The highest BCUT2D eigenvalue weighted by Crippen LogP contribution is 2.12. The number of nitrogens with zero attached hydrogens (tertiary/aromatic N) is 1. The molecule has 7 heteroatoms. The Hall–Kier alpha value is -1.02. The molecule has 0 aliphatic heterocycles. The van der Waals surface area contributed by atoms with Gasteiger partial charge in [0, 0.05) is 25.8 Å². The third-order valence-electron chi connectivity index (χ3n) is 2.88. The Bertz CT molecular complexity index is 541. The maximum atomic E-state index is 12.3. The van der Waals surface area contributed by atoms with Crippen LogP contribution in [0.2, 0.25) is 0 Å². The molecule has 1 aromatic carbocycles. The predicted octanol–water partition coefficient (Wildman–Crippen LogP) is 1.12. The first-order valence-corrected chi connectivity index (χ1v) is 8.28. The van der Waals surface area contributed by atoms with Gasteiger partial charge in [-0.2, -0.15) is 4.31 Å². The zero-order valence-electron chi connectivity index (χ0n) is 11.7. The molecule has 0 radical (unpaired) electrons. The van der Waals surface area contributed by atoms with Gasteiger partial charge in [0.1, 0.15) is 4.99 Å². The Morgan fingerprint density at radius 3 is 2.40 bits per heavy atom. The molecule has 112 valence electrons. The van der Waals surface area contributed by atoms with Gasteiger partial charge in [-0.15, -0.1) is 0 Å². The van der Waals surface area contributed by atoms with E-state index in [1.165, 1.54) is 4.31 Å². The number of hydrogen-bond donors (Lipinski definition) is 1. The number of hydrogen-bond acceptors (Lipinski definition) is 4. The number of ether oxygens (including phenoxy) is 1. The molecule has 0 atom stereocenters. The van der Waals surface area contributed by atoms with Gasteiger partial charge in [-0.1, -0.05) is 43.4 Å². The lowest BCUT2D eigenvalue weighted by Gasteiger charge is -2.20. The number of likely N-dealkylation sites (N-methyl/N-ethyl adjacent to an activating group) is 1. The second-order valence-electron chi connectivity index (χ2n) is 4.30. The fourth-order valence-corrected chi connectivity index (χ4v) is 3.43. The van der Waals surface area contributed by atoms with Crippen LogP contribution in [0.3, 0.4) is 0 Å². The summed E-state index contributed by atoms with van der Waals surface area (Å²) in [7, 11) is -1.79. The topological polar surface area (TPSA) is 72.6 Å². The van der Waals surface area contributed by atoms with Crippen molar-refractivity contribution in [2.24, 2.45) is 5.73 Å². The van der Waals surface area contributed by atoms with Crippen LogP contribution in [0.25, 0.3) is 0 Å². The molecular weight excluding hydrogens is 296 g/mol. The molecule has 0 fully saturated rings. The first-order valence-electron chi connectivity index (χ1n) is 6.26. The number of benzene rings is 1. The monoisotopic (exact) mass is 316 g/mol. The van der Waals surface area contributed by atoms with Crippen LogP contribution in [0.5, 0.6) is 0 Å². The lowest BCUT2D eigenvalue weighted by Crippen LogP contribution is -2.34. The molecule has 0 spiro atoms. The van der Waals surface area contributed by atoms with E-state index >= 15 is 0 Å². The van der Waals surface area contributed by atoms with Crippen LogP contribution in [0.4, 0.5) is 0 Å². The molecule has 0 amide bonds. The third-order valence-corrected chi connectivity index (χ3v) is 5.04. The minimum Gasteiger partial charge on any atom is -0.389 e. The Kier molecular flexibility index (Phi) is 6.54. The van der Waals surface area contributed by atoms with Crippen molar-refractivity contribution in [3.8, 4) is 0 Å². The summed E-state index contributed by atoms with van der Waals surface area (Å²) in [4.78, 5) is 0.301. The van der Waals surface area contributed by atoms with Gasteiger partial charge in [-0.25, -0.2) is 8.42 Å². The fourth-order valence-electron chi connectivity index (χ4n) is 1.75. The summed E-state index contributed by atoms with van der Waals surface area (Å²) in [6, 6.07) is 6.93. The molecule has 1 rings (SSSR count). The molecule has 5 nitrogen and oxygen atoms in total. The Morgan fingerprint density at radius 1 is 1.35 bits per heavy atom. The van der Waals surface area contributed by atoms with Crippen LogP contribution in [0.15, 0.2) is 24.3 Å². The SMILES string of the molecule is CCN(CCOC)S(=O)(=O)Cc1ccc(C(N)=S)cc1. The molecule has 0 aromatic heterocycles. The summed E-state index contributed by atoms with van der Waals surface area (Å²) in [5.74, 6) is -0.0395. The summed E-state index contributed by atoms with van der Waals surface area (Å²) in [6.45, 7) is 2.98. The molecular formula is C13H20N2O3S2. The molecule has 0 aliphatic rings. The minimum absolute atomic E-state index is 0.0395. The van der Waals surface area contributed by atoms with Crippen molar-refractivity contribution in [3.63, 3.8) is 0 Å². The lowest BCUT2D eigenvalue weighted by atomic mass is 10.1. The van der Waals surface area contributed by atoms with Crippen LogP contribution in [-0.4, -0.2) is 44.5 Å². The van der Waals surface area contributed by atoms with E-state index < -0.39 is 10.0 Å². The van der Waals surface area contributed by atoms with E-state index in [1.807, 2.05) is 6.92 Å². The average molecular weight is 316 g/mol. The number of methoxy groups -OCH3 is 1. The van der Waals surface area contributed by atoms with Crippen LogP contribution < -0.4 is 5.73 Å². The number of rotatable bonds is 8. The van der Waals surface area contributed by atoms with Gasteiger partial charge in [0.15, 0.2) is 0 Å². The molecule has 0 bridgehead atoms. The van der Waals surface area contributed by atoms with Gasteiger partial charge in [-0.3, -0.25) is 0 Å². The molecule has 0 unspecified atom stereocenters. The normalized spacial score (nSPS) is 11.8. The van der Waals surface area contributed by atoms with E-state index in [1.54, 1.807) is 31.4 Å². The van der Waals surface area contributed by atoms with Crippen LogP contribution in [-0.2, 0) is 20.5 Å². The van der Waals surface area contributed by atoms with E-state index in [2.05, 4.69) is 0 Å². The van der Waals surface area contributed by atoms with E-state index in [0.29, 0.717) is 30.2 Å². The van der Waals surface area contributed by atoms with Gasteiger partial charge >= 0.3 is 0 Å². The highest BCUT2D eigenvalue weighted by atomic mass is 32.2. The van der Waals surface area contributed by atoms with Crippen molar-refractivity contribution in [2.75, 3.05) is 26.8 Å². The van der Waals surface area contributed by atoms with Crippen molar-refractivity contribution in [1.82, 2.24) is 4.31 Å². The lowest BCUT2D eigenvalue weighted by molar-refractivity contribution is 0.180. The first-order chi connectivity index (χ1) is 9.40. The predicted molar refractivity (Wildman–Crippen MR) is 84.1 cm³/mol. The zero-order valence-corrected chi connectivity index (χ0v) is 13.3. The van der Waals surface area contributed by atoms with E-state index in [4.69, 9.17) is 22.7 Å². The van der Waals surface area contributed by atoms with Crippen molar-refractivity contribution < 1.29 is 13.2 Å². The zero-order chi connectivity index (χ0) is 15.2. The summed E-state index contributed by atoms with van der Waals surface area (Å²) < 4.78 is 30.9. The number of nitrogens with two attached hydrogens (primary N) is 1. The Morgan fingerprint density at radius 2 is 1.95 bits per heavy atom. The van der Waals surface area contributed by atoms with Gasteiger partial charge in [-0.05, 0) is 5.56 Å². The van der Waals surface area contributed by atoms with Gasteiger partial charge in [0.25, 0.3) is 0 Å². The third kappa shape index (κ3) is 4.82. The quantitative estimate of drug-likeness (QED) is 0.728. The van der Waals surface area contributed by atoms with Crippen LogP contribution in [0.1, 0.15) is 18.1 Å². The van der Waals surface area contributed by atoms with Crippen LogP contribution >= 0.6 is 12.2 Å². The first kappa shape index (κ1) is 17.0. The van der Waals surface area contributed by atoms with Gasteiger partial charge < -0.3 is 10.5 Å². The smallest absolute Gasteiger partial charge is 0.218 e. The van der Waals surface area contributed by atoms with Crippen molar-refractivity contribution in [2.45, 2.75) is 12.7 Å². The number of sulfonamides is 1. The van der Waals surface area contributed by atoms with E-state index in [0.717, 1.165) is 5.56 Å². The minimum atomic E-state index is -3.34. The highest BCUT2D eigenvalue weighted by molar-refractivity contribution is 7.88. The van der Waals surface area contributed by atoms with Crippen molar-refractivity contribution in [1.29, 1.82) is 0 Å². The second kappa shape index (κ2) is 7.68. The fraction of sp³-hybridized carbons (Fsp3) is 0.462. The molecule has 0 heterocycles. The average Bonchev–Trinajstić information content (AvgIpc) is 2.39. The molecule has 0 saturated heterocycles. The van der Waals surface area contributed by atoms with E-state index in [-0.39, 0.29) is 5.75 Å². The largest absolute Gasteiger partial charge is 0.389 e. The Balaban J connectivity index is 2.81. The standard InChI is InChI=1S/C13H20N2O3S2/c1-3-15(8-9-18-2)20(16,17)10-11-4-6-12(7-5-11)13(14)19/h4-7H,3,8-10H2,1-2H3,(H2,14,19). The maximum absolute atomic E-state index is 12.3.